The molecule has 0 unspecified atom stereocenters. The Balaban J connectivity index is 3.32. The van der Waals surface area contributed by atoms with E-state index in [1.54, 1.807) is 4.90 Å². The quantitative estimate of drug-likeness (QED) is 0.561. The van der Waals surface area contributed by atoms with Gasteiger partial charge in [-0.25, -0.2) is 0 Å². The van der Waals surface area contributed by atoms with Crippen LogP contribution in [0, 0.1) is 11.3 Å². The summed E-state index contributed by atoms with van der Waals surface area (Å²) in [5, 5.41) is 10.8. The van der Waals surface area contributed by atoms with Crippen LogP contribution < -0.4 is 5.32 Å². The summed E-state index contributed by atoms with van der Waals surface area (Å²) < 4.78 is 0. The van der Waals surface area contributed by atoms with E-state index in [2.05, 4.69) is 5.32 Å². The summed E-state index contributed by atoms with van der Waals surface area (Å²) in [5.41, 5.74) is 0. The van der Waals surface area contributed by atoms with E-state index in [1.165, 1.54) is 0 Å². The van der Waals surface area contributed by atoms with Gasteiger partial charge in [-0.1, -0.05) is 0 Å². The Labute approximate surface area is 66.8 Å². The molecule has 0 rings (SSSR count). The Bertz CT molecular complexity index is 160. The van der Waals surface area contributed by atoms with Gasteiger partial charge in [0.1, 0.15) is 0 Å². The average molecular weight is 155 g/mol. The average Bonchev–Trinajstić information content (AvgIpc) is 1.86. The van der Waals surface area contributed by atoms with Crippen LogP contribution >= 0.6 is 0 Å². The van der Waals surface area contributed by atoms with Gasteiger partial charge >= 0.3 is 0 Å². The number of likely N-dealkylation sites (N-methyl/N-ethyl adjacent to an activating group) is 1. The first-order valence-corrected chi connectivity index (χ1v) is 3.45. The lowest BCUT2D eigenvalue weighted by atomic mass is 10.4. The van der Waals surface area contributed by atoms with Crippen molar-refractivity contribution in [2.75, 3.05) is 27.2 Å². The lowest BCUT2D eigenvalue weighted by Crippen LogP contribution is -2.33. The molecule has 0 spiro atoms. The fraction of sp³-hybridized carbons (Fsp3) is 0.714. The van der Waals surface area contributed by atoms with Crippen molar-refractivity contribution in [3.05, 3.63) is 0 Å². The van der Waals surface area contributed by atoms with Gasteiger partial charge in [0, 0.05) is 6.54 Å². The van der Waals surface area contributed by atoms with E-state index >= 15 is 0 Å². The van der Waals surface area contributed by atoms with Crippen LogP contribution in [-0.4, -0.2) is 38.0 Å². The normalized spacial score (nSPS) is 9.27. The summed E-state index contributed by atoms with van der Waals surface area (Å²) in [6.07, 6.45) is 0.374. The molecule has 4 nitrogen and oxygen atoms in total. The zero-order chi connectivity index (χ0) is 8.69. The minimum atomic E-state index is -0.0368. The predicted octanol–water partition coefficient (Wildman–Crippen LogP) is -0.422. The van der Waals surface area contributed by atoms with Gasteiger partial charge in [0.15, 0.2) is 0 Å². The van der Waals surface area contributed by atoms with Crippen molar-refractivity contribution in [3.63, 3.8) is 0 Å². The number of nitrogens with one attached hydrogen (secondary N) is 1. The maximum atomic E-state index is 10.9. The molecule has 0 aromatic heterocycles. The molecule has 11 heavy (non-hydrogen) atoms. The summed E-state index contributed by atoms with van der Waals surface area (Å²) in [5.74, 6) is -0.0368. The van der Waals surface area contributed by atoms with Gasteiger partial charge in [-0.2, -0.15) is 5.26 Å². The standard InChI is InChI=1S/C7H13N3O/c1-10(2)6-7(11)9-5-3-4-8/h3,5-6H2,1-2H3,(H,9,11). The van der Waals surface area contributed by atoms with Crippen molar-refractivity contribution >= 4 is 5.91 Å². The van der Waals surface area contributed by atoms with E-state index in [0.717, 1.165) is 0 Å². The Morgan fingerprint density at radius 3 is 2.73 bits per heavy atom. The maximum Gasteiger partial charge on any atom is 0.234 e. The molecular weight excluding hydrogens is 142 g/mol. The summed E-state index contributed by atoms with van der Waals surface area (Å²) >= 11 is 0. The zero-order valence-electron chi connectivity index (χ0n) is 6.92. The molecule has 0 aliphatic heterocycles. The van der Waals surface area contributed by atoms with Crippen molar-refractivity contribution in [2.24, 2.45) is 0 Å². The van der Waals surface area contributed by atoms with Crippen molar-refractivity contribution in [1.29, 1.82) is 5.26 Å². The number of carbonyl (C=O) groups excluding carboxylic acids is 1. The van der Waals surface area contributed by atoms with Gasteiger partial charge < -0.3 is 10.2 Å². The van der Waals surface area contributed by atoms with Gasteiger partial charge in [0.2, 0.25) is 5.91 Å². The zero-order valence-corrected chi connectivity index (χ0v) is 6.92. The second-order valence-corrected chi connectivity index (χ2v) is 2.50. The van der Waals surface area contributed by atoms with E-state index < -0.39 is 0 Å². The fourth-order valence-corrected chi connectivity index (χ4v) is 0.601. The molecule has 0 fully saturated rings. The smallest absolute Gasteiger partial charge is 0.234 e. The summed E-state index contributed by atoms with van der Waals surface area (Å²) in [6.45, 7) is 0.828. The number of nitriles is 1. The number of hydrogen-bond acceptors (Lipinski definition) is 3. The molecule has 0 aromatic carbocycles. The van der Waals surface area contributed by atoms with E-state index in [0.29, 0.717) is 19.5 Å². The van der Waals surface area contributed by atoms with Crippen LogP contribution in [0.2, 0.25) is 0 Å². The predicted molar refractivity (Wildman–Crippen MR) is 41.8 cm³/mol. The lowest BCUT2D eigenvalue weighted by molar-refractivity contribution is -0.121. The molecule has 0 saturated carbocycles. The second kappa shape index (κ2) is 5.69. The van der Waals surface area contributed by atoms with E-state index in [1.807, 2.05) is 20.2 Å². The molecular formula is C7H13N3O. The second-order valence-electron chi connectivity index (χ2n) is 2.50. The Kier molecular flexibility index (Phi) is 5.13. The maximum absolute atomic E-state index is 10.9. The molecule has 0 aromatic rings. The van der Waals surface area contributed by atoms with Gasteiger partial charge in [-0.05, 0) is 14.1 Å². The molecule has 0 radical (unpaired) electrons. The summed E-state index contributed by atoms with van der Waals surface area (Å²) in [7, 11) is 3.65. The van der Waals surface area contributed by atoms with Crippen LogP contribution in [0.25, 0.3) is 0 Å². The number of rotatable bonds is 4. The minimum absolute atomic E-state index is 0.0368. The Morgan fingerprint density at radius 2 is 2.27 bits per heavy atom. The molecule has 4 heteroatoms. The monoisotopic (exact) mass is 155 g/mol. The highest BCUT2D eigenvalue weighted by molar-refractivity contribution is 5.77. The number of nitrogens with zero attached hydrogens (tertiary/aromatic N) is 2. The van der Waals surface area contributed by atoms with Crippen molar-refractivity contribution in [2.45, 2.75) is 6.42 Å². The molecule has 0 aliphatic rings. The third-order valence-corrected chi connectivity index (χ3v) is 1.02. The number of amides is 1. The van der Waals surface area contributed by atoms with E-state index in [4.69, 9.17) is 5.26 Å². The molecule has 0 bridgehead atoms. The van der Waals surface area contributed by atoms with Crippen LogP contribution in [0.1, 0.15) is 6.42 Å². The van der Waals surface area contributed by atoms with Crippen molar-refractivity contribution in [3.8, 4) is 6.07 Å². The van der Waals surface area contributed by atoms with Gasteiger partial charge in [-0.3, -0.25) is 4.79 Å². The SMILES string of the molecule is CN(C)CC(=O)NCCC#N. The van der Waals surface area contributed by atoms with Crippen molar-refractivity contribution in [1.82, 2.24) is 10.2 Å². The topological polar surface area (TPSA) is 56.1 Å². The molecule has 0 atom stereocenters. The Hall–Kier alpha value is -1.08. The van der Waals surface area contributed by atoms with Gasteiger partial charge in [0.05, 0.1) is 19.0 Å². The fourth-order valence-electron chi connectivity index (χ4n) is 0.601. The molecule has 0 aliphatic carbocycles. The van der Waals surface area contributed by atoms with Crippen LogP contribution in [0.5, 0.6) is 0 Å². The first kappa shape index (κ1) is 9.92. The lowest BCUT2D eigenvalue weighted by Gasteiger charge is -2.08. The third kappa shape index (κ3) is 6.81. The first-order valence-electron chi connectivity index (χ1n) is 3.45. The highest BCUT2D eigenvalue weighted by Crippen LogP contribution is 1.75. The molecule has 1 amide bonds. The summed E-state index contributed by atoms with van der Waals surface area (Å²) in [4.78, 5) is 12.6. The van der Waals surface area contributed by atoms with Crippen LogP contribution in [0.3, 0.4) is 0 Å². The van der Waals surface area contributed by atoms with Crippen LogP contribution in [0.4, 0.5) is 0 Å². The molecule has 0 heterocycles. The van der Waals surface area contributed by atoms with E-state index in [9.17, 15) is 4.79 Å². The molecule has 62 valence electrons. The van der Waals surface area contributed by atoms with Crippen LogP contribution in [0.15, 0.2) is 0 Å². The molecule has 0 saturated heterocycles. The minimum Gasteiger partial charge on any atom is -0.354 e. The summed E-state index contributed by atoms with van der Waals surface area (Å²) in [6, 6.07) is 1.95. The largest absolute Gasteiger partial charge is 0.354 e. The highest BCUT2D eigenvalue weighted by atomic mass is 16.1. The number of hydrogen-bond donors (Lipinski definition) is 1. The van der Waals surface area contributed by atoms with Crippen LogP contribution in [-0.2, 0) is 4.79 Å². The highest BCUT2D eigenvalue weighted by Gasteiger charge is 1.99. The van der Waals surface area contributed by atoms with Crippen molar-refractivity contribution < 1.29 is 4.79 Å². The van der Waals surface area contributed by atoms with Gasteiger partial charge in [0.25, 0.3) is 0 Å². The Morgan fingerprint density at radius 1 is 1.64 bits per heavy atom. The molecule has 1 N–H and O–H groups in total. The van der Waals surface area contributed by atoms with Gasteiger partial charge in [-0.15, -0.1) is 0 Å². The number of carbonyl (C=O) groups is 1. The first-order chi connectivity index (χ1) is 5.16. The third-order valence-electron chi connectivity index (χ3n) is 1.02. The van der Waals surface area contributed by atoms with E-state index in [-0.39, 0.29) is 5.91 Å².